The summed E-state index contributed by atoms with van der Waals surface area (Å²) in [4.78, 5) is 27.5. The number of carbonyl (C=O) groups excluding carboxylic acids is 2. The fraction of sp³-hybridized carbons (Fsp3) is 0.500. The zero-order chi connectivity index (χ0) is 15.4. The SMILES string of the molecule is CCOC(=O)c1cnc(Cl)cc1NC1CC(=O)C(OC)C1. The van der Waals surface area contributed by atoms with Gasteiger partial charge >= 0.3 is 5.97 Å². The molecule has 1 aliphatic carbocycles. The van der Waals surface area contributed by atoms with Crippen molar-refractivity contribution in [2.24, 2.45) is 0 Å². The fourth-order valence-corrected chi connectivity index (χ4v) is 2.48. The molecule has 0 bridgehead atoms. The summed E-state index contributed by atoms with van der Waals surface area (Å²) in [6, 6.07) is 1.45. The Morgan fingerprint density at radius 2 is 2.33 bits per heavy atom. The zero-order valence-electron chi connectivity index (χ0n) is 11.9. The van der Waals surface area contributed by atoms with Crippen molar-refractivity contribution in [1.29, 1.82) is 0 Å². The summed E-state index contributed by atoms with van der Waals surface area (Å²) in [6.07, 6.45) is 1.87. The highest BCUT2D eigenvalue weighted by atomic mass is 35.5. The van der Waals surface area contributed by atoms with Gasteiger partial charge in [-0.25, -0.2) is 9.78 Å². The number of halogens is 1. The third kappa shape index (κ3) is 3.71. The number of methoxy groups -OCH3 is 1. The van der Waals surface area contributed by atoms with E-state index in [1.54, 1.807) is 13.0 Å². The van der Waals surface area contributed by atoms with Gasteiger partial charge in [0, 0.05) is 32.2 Å². The van der Waals surface area contributed by atoms with E-state index in [0.29, 0.717) is 24.1 Å². The number of aromatic nitrogens is 1. The van der Waals surface area contributed by atoms with Gasteiger partial charge in [-0.2, -0.15) is 0 Å². The number of hydrogen-bond donors (Lipinski definition) is 1. The van der Waals surface area contributed by atoms with Crippen molar-refractivity contribution in [2.75, 3.05) is 19.0 Å². The molecule has 0 amide bonds. The third-order valence-corrected chi connectivity index (χ3v) is 3.52. The van der Waals surface area contributed by atoms with Crippen LogP contribution in [0.1, 0.15) is 30.1 Å². The molecule has 0 aliphatic heterocycles. The van der Waals surface area contributed by atoms with E-state index >= 15 is 0 Å². The minimum Gasteiger partial charge on any atom is -0.462 e. The van der Waals surface area contributed by atoms with Crippen LogP contribution in [-0.2, 0) is 14.3 Å². The Morgan fingerprint density at radius 3 is 2.95 bits per heavy atom. The number of ether oxygens (including phenoxy) is 2. The normalized spacial score (nSPS) is 21.4. The van der Waals surface area contributed by atoms with Gasteiger partial charge in [-0.3, -0.25) is 4.79 Å². The molecule has 2 rings (SSSR count). The van der Waals surface area contributed by atoms with Crippen LogP contribution in [0.25, 0.3) is 0 Å². The first-order valence-electron chi connectivity index (χ1n) is 6.69. The molecular formula is C14H17ClN2O4. The Bertz CT molecular complexity index is 550. The Hall–Kier alpha value is -1.66. The Balaban J connectivity index is 2.17. The summed E-state index contributed by atoms with van der Waals surface area (Å²) in [5.41, 5.74) is 0.817. The van der Waals surface area contributed by atoms with Crippen LogP contribution in [0.15, 0.2) is 12.3 Å². The first-order chi connectivity index (χ1) is 10.0. The number of esters is 1. The quantitative estimate of drug-likeness (QED) is 0.662. The van der Waals surface area contributed by atoms with Gasteiger partial charge in [0.15, 0.2) is 5.78 Å². The molecule has 6 nitrogen and oxygen atoms in total. The average molecular weight is 313 g/mol. The van der Waals surface area contributed by atoms with Crippen molar-refractivity contribution in [2.45, 2.75) is 31.9 Å². The van der Waals surface area contributed by atoms with Gasteiger partial charge in [0.2, 0.25) is 0 Å². The number of anilines is 1. The lowest BCUT2D eigenvalue weighted by atomic mass is 10.2. The van der Waals surface area contributed by atoms with E-state index in [1.807, 2.05) is 0 Å². The number of ketones is 1. The maximum Gasteiger partial charge on any atom is 0.341 e. The summed E-state index contributed by atoms with van der Waals surface area (Å²) in [6.45, 7) is 2.00. The second-order valence-corrected chi connectivity index (χ2v) is 5.13. The molecule has 1 aliphatic rings. The summed E-state index contributed by atoms with van der Waals surface area (Å²) in [5.74, 6) is -0.426. The van der Waals surface area contributed by atoms with Gasteiger partial charge in [0.05, 0.1) is 12.3 Å². The van der Waals surface area contributed by atoms with E-state index in [-0.39, 0.29) is 23.6 Å². The van der Waals surface area contributed by atoms with Crippen LogP contribution in [-0.4, -0.2) is 42.6 Å². The van der Waals surface area contributed by atoms with Crippen LogP contribution in [0, 0.1) is 0 Å². The number of nitrogens with one attached hydrogen (secondary N) is 1. The summed E-state index contributed by atoms with van der Waals surface area (Å²) in [5, 5.41) is 3.42. The van der Waals surface area contributed by atoms with Crippen LogP contribution in [0.5, 0.6) is 0 Å². The van der Waals surface area contributed by atoms with E-state index in [4.69, 9.17) is 21.1 Å². The van der Waals surface area contributed by atoms with E-state index < -0.39 is 12.1 Å². The van der Waals surface area contributed by atoms with Gasteiger partial charge in [-0.05, 0) is 13.0 Å². The molecule has 7 heteroatoms. The number of hydrogen-bond acceptors (Lipinski definition) is 6. The number of carbonyl (C=O) groups is 2. The zero-order valence-corrected chi connectivity index (χ0v) is 12.6. The fourth-order valence-electron chi connectivity index (χ4n) is 2.33. The van der Waals surface area contributed by atoms with E-state index in [0.717, 1.165) is 0 Å². The summed E-state index contributed by atoms with van der Waals surface area (Å²) in [7, 11) is 1.51. The Labute approximate surface area is 127 Å². The first kappa shape index (κ1) is 15.7. The van der Waals surface area contributed by atoms with Crippen molar-refractivity contribution in [1.82, 2.24) is 4.98 Å². The van der Waals surface area contributed by atoms with Gasteiger partial charge in [0.1, 0.15) is 16.8 Å². The molecule has 0 aromatic carbocycles. The third-order valence-electron chi connectivity index (χ3n) is 3.32. The highest BCUT2D eigenvalue weighted by Gasteiger charge is 2.33. The van der Waals surface area contributed by atoms with Crippen molar-refractivity contribution < 1.29 is 19.1 Å². The van der Waals surface area contributed by atoms with Gasteiger partial charge in [-0.15, -0.1) is 0 Å². The van der Waals surface area contributed by atoms with Crippen LogP contribution in [0.3, 0.4) is 0 Å². The molecule has 1 fully saturated rings. The highest BCUT2D eigenvalue weighted by Crippen LogP contribution is 2.26. The largest absolute Gasteiger partial charge is 0.462 e. The van der Waals surface area contributed by atoms with Crippen molar-refractivity contribution in [3.8, 4) is 0 Å². The number of rotatable bonds is 5. The molecule has 2 atom stereocenters. The maximum absolute atomic E-state index is 11.9. The second-order valence-electron chi connectivity index (χ2n) is 4.74. The summed E-state index contributed by atoms with van der Waals surface area (Å²) >= 11 is 5.87. The molecule has 1 aromatic heterocycles. The minimum absolute atomic E-state index is 0.0489. The minimum atomic E-state index is -0.475. The number of nitrogens with zero attached hydrogens (tertiary/aromatic N) is 1. The molecule has 2 unspecified atom stereocenters. The average Bonchev–Trinajstić information content (AvgIpc) is 2.79. The van der Waals surface area contributed by atoms with Crippen molar-refractivity contribution >= 4 is 29.0 Å². The molecule has 21 heavy (non-hydrogen) atoms. The molecular weight excluding hydrogens is 296 g/mol. The Morgan fingerprint density at radius 1 is 1.57 bits per heavy atom. The van der Waals surface area contributed by atoms with Crippen LogP contribution in [0.2, 0.25) is 5.15 Å². The summed E-state index contributed by atoms with van der Waals surface area (Å²) < 4.78 is 10.1. The monoisotopic (exact) mass is 312 g/mol. The molecule has 0 spiro atoms. The lowest BCUT2D eigenvalue weighted by Crippen LogP contribution is -2.20. The van der Waals surface area contributed by atoms with E-state index in [9.17, 15) is 9.59 Å². The van der Waals surface area contributed by atoms with Crippen LogP contribution in [0.4, 0.5) is 5.69 Å². The second kappa shape index (κ2) is 6.87. The molecule has 114 valence electrons. The predicted molar refractivity (Wildman–Crippen MR) is 77.7 cm³/mol. The molecule has 1 N–H and O–H groups in total. The topological polar surface area (TPSA) is 77.5 Å². The van der Waals surface area contributed by atoms with Gasteiger partial charge in [0.25, 0.3) is 0 Å². The van der Waals surface area contributed by atoms with Crippen molar-refractivity contribution in [3.63, 3.8) is 0 Å². The van der Waals surface area contributed by atoms with Crippen molar-refractivity contribution in [3.05, 3.63) is 23.0 Å². The van der Waals surface area contributed by atoms with Crippen LogP contribution >= 0.6 is 11.6 Å². The molecule has 0 radical (unpaired) electrons. The van der Waals surface area contributed by atoms with E-state index in [1.165, 1.54) is 13.3 Å². The highest BCUT2D eigenvalue weighted by molar-refractivity contribution is 6.29. The predicted octanol–water partition coefficient (Wildman–Crippen LogP) is 2.07. The molecule has 1 saturated carbocycles. The standard InChI is InChI=1S/C14H17ClN2O4/c1-3-21-14(19)9-7-16-13(15)6-10(9)17-8-4-11(18)12(5-8)20-2/h6-8,12H,3-5H2,1-2H3,(H,16,17). The number of Topliss-reactive ketones (excluding diaryl/α,β-unsaturated/α-hetero) is 1. The smallest absolute Gasteiger partial charge is 0.341 e. The number of pyridine rings is 1. The first-order valence-corrected chi connectivity index (χ1v) is 7.07. The van der Waals surface area contributed by atoms with Gasteiger partial charge in [-0.1, -0.05) is 11.6 Å². The maximum atomic E-state index is 11.9. The van der Waals surface area contributed by atoms with Crippen LogP contribution < -0.4 is 5.32 Å². The molecule has 1 aromatic rings. The Kier molecular flexibility index (Phi) is 5.14. The molecule has 1 heterocycles. The lowest BCUT2D eigenvalue weighted by Gasteiger charge is -2.16. The molecule has 0 saturated heterocycles. The van der Waals surface area contributed by atoms with Gasteiger partial charge < -0.3 is 14.8 Å². The lowest BCUT2D eigenvalue weighted by molar-refractivity contribution is -0.125. The van der Waals surface area contributed by atoms with E-state index in [2.05, 4.69) is 10.3 Å².